The number of thiazole rings is 2. The number of H-pyrrole nitrogens is 1. The second-order valence-corrected chi connectivity index (χ2v) is 11.0. The van der Waals surface area contributed by atoms with Crippen molar-refractivity contribution < 1.29 is 14.8 Å². The van der Waals surface area contributed by atoms with E-state index in [1.165, 1.54) is 27.4 Å². The molecule has 0 aliphatic heterocycles. The molecule has 4 N–H and O–H groups in total. The number of aromatic nitrogens is 4. The molecule has 3 aromatic carbocycles. The van der Waals surface area contributed by atoms with Gasteiger partial charge in [-0.2, -0.15) is 4.68 Å². The number of carbonyl (C=O) groups is 2. The summed E-state index contributed by atoms with van der Waals surface area (Å²) < 4.78 is 1.34. The number of hydrogen-bond acceptors (Lipinski definition) is 10. The van der Waals surface area contributed by atoms with E-state index in [1.54, 1.807) is 65.6 Å². The van der Waals surface area contributed by atoms with Crippen molar-refractivity contribution in [2.24, 2.45) is 10.2 Å². The number of rotatable bonds is 9. The van der Waals surface area contributed by atoms with Crippen molar-refractivity contribution in [3.63, 3.8) is 0 Å². The maximum Gasteiger partial charge on any atom is 0.301 e. The van der Waals surface area contributed by atoms with Gasteiger partial charge in [0.1, 0.15) is 0 Å². The summed E-state index contributed by atoms with van der Waals surface area (Å²) in [6.07, 6.45) is 1.62. The van der Waals surface area contributed by atoms with E-state index >= 15 is 0 Å². The third-order valence-electron chi connectivity index (χ3n) is 6.48. The summed E-state index contributed by atoms with van der Waals surface area (Å²) in [5, 5.41) is 27.5. The average Bonchev–Trinajstić information content (AvgIpc) is 3.84. The van der Waals surface area contributed by atoms with Gasteiger partial charge >= 0.3 is 5.56 Å². The molecule has 0 aliphatic rings. The molecule has 0 aliphatic carbocycles. The Labute approximate surface area is 257 Å². The van der Waals surface area contributed by atoms with Gasteiger partial charge in [-0.05, 0) is 29.8 Å². The quantitative estimate of drug-likeness (QED) is 0.0893. The molecular weight excluding hydrogens is 601 g/mol. The van der Waals surface area contributed by atoms with Gasteiger partial charge in [0.05, 0.1) is 11.4 Å². The number of carbonyl (C=O) groups excluding carboxylic acids is 2. The fourth-order valence-electron chi connectivity index (χ4n) is 4.23. The summed E-state index contributed by atoms with van der Waals surface area (Å²) in [4.78, 5) is 46.4. The number of benzene rings is 3. The molecule has 2 amide bonds. The van der Waals surface area contributed by atoms with Crippen LogP contribution in [0.5, 0.6) is 0 Å². The zero-order chi connectivity index (χ0) is 30.5. The lowest BCUT2D eigenvalue weighted by molar-refractivity contribution is 0.0706. The van der Waals surface area contributed by atoms with Crippen molar-refractivity contribution in [2.45, 2.75) is 6.54 Å². The second kappa shape index (κ2) is 12.7. The molecule has 0 fully saturated rings. The van der Waals surface area contributed by atoms with Crippen LogP contribution in [0.15, 0.2) is 111 Å². The molecule has 0 saturated carbocycles. The molecule has 0 bridgehead atoms. The Morgan fingerprint density at radius 2 is 1.61 bits per heavy atom. The van der Waals surface area contributed by atoms with Gasteiger partial charge < -0.3 is 5.32 Å². The number of hydroxylamine groups is 1. The van der Waals surface area contributed by atoms with E-state index in [0.717, 1.165) is 16.7 Å². The highest BCUT2D eigenvalue weighted by atomic mass is 32.1. The van der Waals surface area contributed by atoms with Gasteiger partial charge in [-0.15, -0.1) is 32.9 Å². The number of nitrogens with zero attached hydrogens (tertiary/aromatic N) is 5. The molecule has 0 saturated heterocycles. The number of nitrogens with one attached hydrogen (secondary N) is 3. The topological polar surface area (TPSA) is 167 Å². The zero-order valence-corrected chi connectivity index (χ0v) is 24.3. The lowest BCUT2D eigenvalue weighted by Crippen LogP contribution is -2.23. The lowest BCUT2D eigenvalue weighted by atomic mass is 10.1. The predicted molar refractivity (Wildman–Crippen MR) is 166 cm³/mol. The van der Waals surface area contributed by atoms with Crippen LogP contribution in [-0.2, 0) is 6.54 Å². The van der Waals surface area contributed by atoms with Crippen LogP contribution >= 0.6 is 22.7 Å². The summed E-state index contributed by atoms with van der Waals surface area (Å²) in [5.41, 5.74) is 5.57. The van der Waals surface area contributed by atoms with Crippen molar-refractivity contribution >= 4 is 45.3 Å². The van der Waals surface area contributed by atoms with Gasteiger partial charge in [0.25, 0.3) is 11.8 Å². The van der Waals surface area contributed by atoms with Crippen LogP contribution in [0.3, 0.4) is 0 Å². The van der Waals surface area contributed by atoms with E-state index in [1.807, 2.05) is 35.7 Å². The Balaban J connectivity index is 1.19. The summed E-state index contributed by atoms with van der Waals surface area (Å²) in [6, 6.07) is 22.8. The predicted octanol–water partition coefficient (Wildman–Crippen LogP) is 5.88. The van der Waals surface area contributed by atoms with Crippen molar-refractivity contribution in [3.8, 4) is 27.6 Å². The Hall–Kier alpha value is -5.57. The van der Waals surface area contributed by atoms with Gasteiger partial charge in [0.2, 0.25) is 10.3 Å². The highest BCUT2D eigenvalue weighted by Crippen LogP contribution is 2.30. The van der Waals surface area contributed by atoms with E-state index in [2.05, 4.69) is 30.6 Å². The SMILES string of the molecule is O=C(NO)c1ccc(CNC(=O)c2ccc(-c3csc(-n4[nH]c(-c5ccccc5)c(N=Nc5nccs5)c4=O)n3)cc2)cc1. The zero-order valence-electron chi connectivity index (χ0n) is 22.7. The normalized spacial score (nSPS) is 11.1. The fraction of sp³-hybridized carbons (Fsp3) is 0.0333. The summed E-state index contributed by atoms with van der Waals surface area (Å²) in [7, 11) is 0. The number of hydrogen-bond donors (Lipinski definition) is 4. The highest BCUT2D eigenvalue weighted by molar-refractivity contribution is 7.13. The van der Waals surface area contributed by atoms with Gasteiger partial charge in [-0.25, -0.2) is 15.4 Å². The van der Waals surface area contributed by atoms with E-state index < -0.39 is 11.5 Å². The van der Waals surface area contributed by atoms with Crippen molar-refractivity contribution in [1.29, 1.82) is 0 Å². The van der Waals surface area contributed by atoms with Gasteiger partial charge in [-0.1, -0.05) is 54.6 Å². The first-order chi connectivity index (χ1) is 21.5. The van der Waals surface area contributed by atoms with Gasteiger partial charge in [0, 0.05) is 45.8 Å². The molecule has 12 nitrogen and oxygen atoms in total. The van der Waals surface area contributed by atoms with Crippen molar-refractivity contribution in [1.82, 2.24) is 30.5 Å². The number of azo groups is 1. The summed E-state index contributed by atoms with van der Waals surface area (Å²) >= 11 is 2.60. The van der Waals surface area contributed by atoms with Crippen LogP contribution in [0, 0.1) is 0 Å². The molecular formula is C30H22N8O4S2. The summed E-state index contributed by atoms with van der Waals surface area (Å²) in [6.45, 7) is 0.262. The van der Waals surface area contributed by atoms with Crippen LogP contribution < -0.4 is 16.4 Å². The van der Waals surface area contributed by atoms with Crippen LogP contribution in [0.2, 0.25) is 0 Å². The molecule has 0 radical (unpaired) electrons. The maximum atomic E-state index is 13.5. The van der Waals surface area contributed by atoms with Crippen LogP contribution in [0.4, 0.5) is 10.8 Å². The van der Waals surface area contributed by atoms with E-state index in [-0.39, 0.29) is 18.1 Å². The summed E-state index contributed by atoms with van der Waals surface area (Å²) in [5.74, 6) is -0.873. The molecule has 14 heteroatoms. The third-order valence-corrected chi connectivity index (χ3v) is 7.96. The Bertz CT molecular complexity index is 2000. The molecule has 0 atom stereocenters. The molecule has 3 aromatic heterocycles. The molecule has 218 valence electrons. The Morgan fingerprint density at radius 3 is 2.32 bits per heavy atom. The highest BCUT2D eigenvalue weighted by Gasteiger charge is 2.19. The molecule has 44 heavy (non-hydrogen) atoms. The third kappa shape index (κ3) is 6.12. The monoisotopic (exact) mass is 622 g/mol. The van der Waals surface area contributed by atoms with Crippen LogP contribution in [-0.4, -0.2) is 36.8 Å². The molecule has 6 aromatic rings. The van der Waals surface area contributed by atoms with Crippen LogP contribution in [0.1, 0.15) is 26.3 Å². The van der Waals surface area contributed by atoms with E-state index in [4.69, 9.17) is 5.21 Å². The Kier molecular flexibility index (Phi) is 8.27. The van der Waals surface area contributed by atoms with Crippen LogP contribution in [0.25, 0.3) is 27.6 Å². The minimum absolute atomic E-state index is 0.144. The lowest BCUT2D eigenvalue weighted by Gasteiger charge is -2.07. The minimum Gasteiger partial charge on any atom is -0.348 e. The van der Waals surface area contributed by atoms with Gasteiger partial charge in [0.15, 0.2) is 5.69 Å². The van der Waals surface area contributed by atoms with Crippen molar-refractivity contribution in [2.75, 3.05) is 0 Å². The van der Waals surface area contributed by atoms with Crippen molar-refractivity contribution in [3.05, 3.63) is 123 Å². The standard InChI is InChI=1S/C30H22N8O4S2/c39-26(32-16-18-6-8-22(9-7-18)27(40)37-42)21-12-10-19(11-13-21)23-17-44-30(33-23)38-28(41)25(34-35-29-31-14-15-43-29)24(36-38)20-4-2-1-3-5-20/h1-15,17,36,42H,16H2,(H,32,39)(H,37,40). The smallest absolute Gasteiger partial charge is 0.301 e. The van der Waals surface area contributed by atoms with E-state index in [0.29, 0.717) is 32.8 Å². The molecule has 3 heterocycles. The first-order valence-corrected chi connectivity index (χ1v) is 14.9. The number of aromatic amines is 1. The molecule has 0 unspecified atom stereocenters. The Morgan fingerprint density at radius 1 is 0.886 bits per heavy atom. The first kappa shape index (κ1) is 28.5. The first-order valence-electron chi connectivity index (χ1n) is 13.1. The minimum atomic E-state index is -0.608. The average molecular weight is 623 g/mol. The van der Waals surface area contributed by atoms with E-state index in [9.17, 15) is 14.4 Å². The number of amides is 2. The fourth-order valence-corrected chi connectivity index (χ4v) is 5.48. The maximum absolute atomic E-state index is 13.5. The molecule has 6 rings (SSSR count). The largest absolute Gasteiger partial charge is 0.348 e. The van der Waals surface area contributed by atoms with Gasteiger partial charge in [-0.3, -0.25) is 24.7 Å². The molecule has 0 spiro atoms. The second-order valence-electron chi connectivity index (χ2n) is 9.27.